The zero-order valence-corrected chi connectivity index (χ0v) is 10.4. The van der Waals surface area contributed by atoms with Crippen LogP contribution in [-0.4, -0.2) is 54.7 Å². The number of hydrogen-bond donors (Lipinski definition) is 1. The molecule has 0 saturated heterocycles. The summed E-state index contributed by atoms with van der Waals surface area (Å²) in [6.45, 7) is 0.395. The van der Waals surface area contributed by atoms with Gasteiger partial charge in [-0.15, -0.1) is 0 Å². The van der Waals surface area contributed by atoms with Gasteiger partial charge in [-0.3, -0.25) is 0 Å². The van der Waals surface area contributed by atoms with Crippen LogP contribution in [0.15, 0.2) is 0 Å². The third kappa shape index (κ3) is 7.31. The van der Waals surface area contributed by atoms with Gasteiger partial charge in [0.2, 0.25) is 0 Å². The molecule has 0 amide bonds. The van der Waals surface area contributed by atoms with Crippen LogP contribution >= 0.6 is 19.5 Å². The van der Waals surface area contributed by atoms with Crippen LogP contribution in [0.4, 0.5) is 0 Å². The Kier molecular flexibility index (Phi) is 6.34. The van der Waals surface area contributed by atoms with E-state index in [-0.39, 0.29) is 5.48 Å². The fraction of sp³-hybridized carbons (Fsp3) is 0.750. The first-order chi connectivity index (χ1) is 6.37. The molecular weight excluding hydrogens is 219 g/mol. The van der Waals surface area contributed by atoms with Crippen molar-refractivity contribution in [2.24, 2.45) is 0 Å². The summed E-state index contributed by atoms with van der Waals surface area (Å²) in [7, 11) is 4.08. The van der Waals surface area contributed by atoms with Gasteiger partial charge in [0.1, 0.15) is 11.6 Å². The molecule has 0 bridgehead atoms. The maximum atomic E-state index is 11.4. The zero-order chi connectivity index (χ0) is 11.2. The molecule has 14 heavy (non-hydrogen) atoms. The van der Waals surface area contributed by atoms with Crippen molar-refractivity contribution < 1.29 is 14.5 Å². The topological polar surface area (TPSA) is 67.1 Å². The predicted molar refractivity (Wildman–Crippen MR) is 59.7 cm³/mol. The van der Waals surface area contributed by atoms with Crippen molar-refractivity contribution in [1.29, 1.82) is 5.26 Å². The minimum atomic E-state index is -1.68. The molecule has 0 aliphatic heterocycles. The second kappa shape index (κ2) is 6.39. The molecule has 0 aliphatic carbocycles. The minimum absolute atomic E-state index is 0.0473. The number of hydrogen-bond acceptors (Lipinski definition) is 3. The molecule has 0 rings (SSSR count). The van der Waals surface area contributed by atoms with Crippen LogP contribution in [0.3, 0.4) is 0 Å². The smallest absolute Gasteiger partial charge is 0.273 e. The molecule has 0 fully saturated rings. The summed E-state index contributed by atoms with van der Waals surface area (Å²) in [5.41, 5.74) is 0.0473. The van der Waals surface area contributed by atoms with E-state index in [0.29, 0.717) is 22.9 Å². The number of nitrogens with zero attached hydrogens (tertiary/aromatic N) is 2. The van der Waals surface area contributed by atoms with Gasteiger partial charge in [0.15, 0.2) is 6.54 Å². The molecule has 1 unspecified atom stereocenters. The van der Waals surface area contributed by atoms with E-state index < -0.39 is 7.77 Å². The number of likely N-dealkylation sites (N-methyl/N-ethyl adjacent to an activating group) is 1. The highest BCUT2D eigenvalue weighted by molar-refractivity contribution is 8.03. The van der Waals surface area contributed by atoms with E-state index in [9.17, 15) is 10.00 Å². The van der Waals surface area contributed by atoms with Crippen LogP contribution in [-0.2, 0) is 0 Å². The Bertz CT molecular complexity index is 255. The lowest BCUT2D eigenvalue weighted by Gasteiger charge is -2.22. The van der Waals surface area contributed by atoms with Gasteiger partial charge in [-0.2, -0.15) is 5.26 Å². The van der Waals surface area contributed by atoms with Crippen LogP contribution < -0.4 is 4.89 Å². The third-order valence-corrected chi connectivity index (χ3v) is 3.55. The molecule has 1 atom stereocenters. The predicted octanol–water partition coefficient (Wildman–Crippen LogP) is 0.166. The first kappa shape index (κ1) is 13.9. The second-order valence-electron chi connectivity index (χ2n) is 3.91. The van der Waals surface area contributed by atoms with E-state index in [1.54, 1.807) is 0 Å². The van der Waals surface area contributed by atoms with Crippen LogP contribution in [0.1, 0.15) is 0 Å². The summed E-state index contributed by atoms with van der Waals surface area (Å²) in [6.07, 6.45) is 0.374. The Morgan fingerprint density at radius 3 is 2.57 bits per heavy atom. The minimum Gasteiger partial charge on any atom is -0.628 e. The van der Waals surface area contributed by atoms with E-state index in [1.807, 2.05) is 26.5 Å². The molecule has 0 spiro atoms. The standard InChI is InChI=1S/C8H15N2O2PS/c1-10(2,3)6-8(11)13(12)4-5-14-7-9/h4-6H2,1-3H3/p+1. The molecule has 0 aromatic carbocycles. The summed E-state index contributed by atoms with van der Waals surface area (Å²) in [4.78, 5) is 11.4. The lowest BCUT2D eigenvalue weighted by atomic mass is 10.5. The van der Waals surface area contributed by atoms with E-state index >= 15 is 0 Å². The molecule has 0 aromatic rings. The molecule has 4 nitrogen and oxygen atoms in total. The van der Waals surface area contributed by atoms with Gasteiger partial charge in [0, 0.05) is 5.75 Å². The zero-order valence-electron chi connectivity index (χ0n) is 8.73. The molecule has 0 aromatic heterocycles. The molecular formula is C8H16N2O2PS+. The fourth-order valence-electron chi connectivity index (χ4n) is 0.806. The lowest BCUT2D eigenvalue weighted by molar-refractivity contribution is -0.861. The van der Waals surface area contributed by atoms with Crippen LogP contribution in [0, 0.1) is 10.7 Å². The number of thioether (sulfide) groups is 1. The number of nitriles is 1. The largest absolute Gasteiger partial charge is 0.628 e. The number of quaternary nitrogens is 1. The van der Waals surface area contributed by atoms with E-state index in [1.165, 1.54) is 0 Å². The summed E-state index contributed by atoms with van der Waals surface area (Å²) in [5, 5.41) is 19.6. The first-order valence-electron chi connectivity index (χ1n) is 4.17. The third-order valence-electron chi connectivity index (χ3n) is 1.36. The van der Waals surface area contributed by atoms with Gasteiger partial charge in [-0.25, -0.2) is 0 Å². The Labute approximate surface area is 90.2 Å². The van der Waals surface area contributed by atoms with Crippen molar-refractivity contribution in [3.05, 3.63) is 0 Å². The van der Waals surface area contributed by atoms with Crippen LogP contribution in [0.2, 0.25) is 0 Å². The molecule has 0 saturated carbocycles. The van der Waals surface area contributed by atoms with Gasteiger partial charge in [-0.1, -0.05) is 0 Å². The number of thiocyanates is 1. The summed E-state index contributed by atoms with van der Waals surface area (Å²) < 4.78 is 0.554. The van der Waals surface area contributed by atoms with Crippen LogP contribution in [0.5, 0.6) is 0 Å². The van der Waals surface area contributed by atoms with Crippen molar-refractivity contribution in [1.82, 2.24) is 0 Å². The van der Waals surface area contributed by atoms with Gasteiger partial charge in [0.05, 0.1) is 28.9 Å². The van der Waals surface area contributed by atoms with Gasteiger partial charge < -0.3 is 14.5 Å². The average Bonchev–Trinajstić information content (AvgIpc) is 2.01. The SMILES string of the molecule is C[N+](C)(C)C/C(O)=[P+](\[O-])CCSC#N. The Hall–Kier alpha value is -0.110. The lowest BCUT2D eigenvalue weighted by Crippen LogP contribution is -2.39. The molecule has 6 heteroatoms. The molecule has 1 N–H and O–H groups in total. The molecule has 0 heterocycles. The summed E-state index contributed by atoms with van der Waals surface area (Å²) >= 11 is 1.06. The first-order valence-corrected chi connectivity index (χ1v) is 6.60. The summed E-state index contributed by atoms with van der Waals surface area (Å²) in [6, 6.07) is 0. The number of rotatable bonds is 5. The molecule has 0 radical (unpaired) electrons. The Balaban J connectivity index is 4.10. The maximum Gasteiger partial charge on any atom is 0.273 e. The van der Waals surface area contributed by atoms with Crippen molar-refractivity contribution in [3.8, 4) is 5.40 Å². The van der Waals surface area contributed by atoms with Crippen molar-refractivity contribution in [2.45, 2.75) is 0 Å². The van der Waals surface area contributed by atoms with Crippen molar-refractivity contribution in [3.63, 3.8) is 0 Å². The van der Waals surface area contributed by atoms with Gasteiger partial charge >= 0.3 is 0 Å². The molecule has 0 aliphatic rings. The normalized spacial score (nSPS) is 13.4. The Morgan fingerprint density at radius 2 is 2.14 bits per heavy atom. The quantitative estimate of drug-likeness (QED) is 0.319. The highest BCUT2D eigenvalue weighted by Gasteiger charge is 2.16. The Morgan fingerprint density at radius 1 is 1.57 bits per heavy atom. The van der Waals surface area contributed by atoms with Crippen LogP contribution in [0.25, 0.3) is 0 Å². The maximum absolute atomic E-state index is 11.4. The summed E-state index contributed by atoms with van der Waals surface area (Å²) in [5.74, 6) is 0.507. The van der Waals surface area contributed by atoms with Crippen molar-refractivity contribution in [2.75, 3.05) is 39.6 Å². The average molecular weight is 235 g/mol. The van der Waals surface area contributed by atoms with Gasteiger partial charge in [0.25, 0.3) is 5.48 Å². The van der Waals surface area contributed by atoms with Gasteiger partial charge in [-0.05, 0) is 11.8 Å². The van der Waals surface area contributed by atoms with E-state index in [4.69, 9.17) is 5.26 Å². The number of aliphatic hydroxyl groups excluding tert-OH is 1. The second-order valence-corrected chi connectivity index (χ2v) is 6.51. The number of aliphatic hydroxyl groups is 1. The molecule has 80 valence electrons. The van der Waals surface area contributed by atoms with Crippen molar-refractivity contribution >= 4 is 25.0 Å². The van der Waals surface area contributed by atoms with E-state index in [0.717, 1.165) is 11.8 Å². The van der Waals surface area contributed by atoms with E-state index in [2.05, 4.69) is 0 Å². The highest BCUT2D eigenvalue weighted by Crippen LogP contribution is 2.15. The highest BCUT2D eigenvalue weighted by atomic mass is 32.2. The monoisotopic (exact) mass is 235 g/mol. The fourth-order valence-corrected chi connectivity index (χ4v) is 2.77.